The summed E-state index contributed by atoms with van der Waals surface area (Å²) in [6.45, 7) is 15.9. The summed E-state index contributed by atoms with van der Waals surface area (Å²) >= 11 is 0. The molecular weight excluding hydrogens is 599 g/mol. The van der Waals surface area contributed by atoms with Crippen LogP contribution in [0.2, 0.25) is 39.3 Å². The van der Waals surface area contributed by atoms with E-state index >= 15 is 0 Å². The van der Waals surface area contributed by atoms with Gasteiger partial charge in [0.1, 0.15) is 0 Å². The summed E-state index contributed by atoms with van der Waals surface area (Å²) in [6.07, 6.45) is 27.1. The van der Waals surface area contributed by atoms with E-state index in [1.165, 1.54) is 38.5 Å². The predicted molar refractivity (Wildman–Crippen MR) is 146 cm³/mol. The van der Waals surface area contributed by atoms with Crippen molar-refractivity contribution in [2.75, 3.05) is 13.2 Å². The third-order valence-corrected chi connectivity index (χ3v) is 10.8. The maximum Gasteiger partial charge on any atom is 2.00 e. The van der Waals surface area contributed by atoms with Crippen molar-refractivity contribution in [1.29, 1.82) is 0 Å². The van der Waals surface area contributed by atoms with Crippen LogP contribution in [0.25, 0.3) is 0 Å². The van der Waals surface area contributed by atoms with Gasteiger partial charge in [-0.1, -0.05) is 48.6 Å². The van der Waals surface area contributed by atoms with Crippen molar-refractivity contribution in [2.24, 2.45) is 40.9 Å². The minimum Gasteiger partial charge on any atom is -1.00 e. The van der Waals surface area contributed by atoms with E-state index in [9.17, 15) is 0 Å². The molecule has 0 aliphatic heterocycles. The number of hydrogen-bond donors (Lipinski definition) is 0. The molecule has 36 heavy (non-hydrogen) atoms. The molecule has 6 atom stereocenters. The van der Waals surface area contributed by atoms with Crippen LogP contribution in [0, 0.1) is 40.9 Å². The summed E-state index contributed by atoms with van der Waals surface area (Å²) in [5, 5.41) is 0. The van der Waals surface area contributed by atoms with Gasteiger partial charge in [-0.15, -0.1) is 0 Å². The van der Waals surface area contributed by atoms with Crippen LogP contribution in [0.15, 0.2) is 48.6 Å². The largest absolute Gasteiger partial charge is 2.00 e. The molecule has 202 valence electrons. The van der Waals surface area contributed by atoms with Gasteiger partial charge in [0.05, 0.1) is 0 Å². The maximum atomic E-state index is 6.90. The third kappa shape index (κ3) is 8.39. The summed E-state index contributed by atoms with van der Waals surface area (Å²) in [5.41, 5.74) is 0.243. The number of hydrogen-bond acceptors (Lipinski definition) is 2. The summed E-state index contributed by atoms with van der Waals surface area (Å²) in [7, 11) is -3.11. The monoisotopic (exact) mass is 644 g/mol. The Balaban J connectivity index is 0.00000216. The fourth-order valence-corrected chi connectivity index (χ4v) is 8.77. The molecule has 0 aromatic heterocycles. The van der Waals surface area contributed by atoms with Crippen molar-refractivity contribution < 1.29 is 59.9 Å². The number of fused-ring (bicyclic) bond motifs is 2. The molecule has 6 unspecified atom stereocenters. The Bertz CT molecular complexity index is 756. The van der Waals surface area contributed by atoms with Crippen molar-refractivity contribution in [3.05, 3.63) is 48.6 Å². The van der Waals surface area contributed by atoms with Gasteiger partial charge in [0, 0.05) is 13.2 Å². The molecule has 4 aliphatic rings. The van der Waals surface area contributed by atoms with Crippen LogP contribution in [0.1, 0.15) is 38.5 Å². The average molecular weight is 647 g/mol. The van der Waals surface area contributed by atoms with Gasteiger partial charge in [-0.3, -0.25) is 0 Å². The minimum atomic E-state index is -1.62. The second kappa shape index (κ2) is 14.4. The molecule has 7 heteroatoms. The maximum absolute atomic E-state index is 6.90. The fraction of sp³-hybridized carbons (Fsp3) is 0.724. The van der Waals surface area contributed by atoms with Crippen molar-refractivity contribution in [2.45, 2.75) is 77.8 Å². The van der Waals surface area contributed by atoms with Gasteiger partial charge >= 0.3 is 26.2 Å². The molecule has 2 nitrogen and oxygen atoms in total. The molecule has 0 amide bonds. The first-order chi connectivity index (χ1) is 15.6. The average Bonchev–Trinajstić information content (AvgIpc) is 3.37. The Morgan fingerprint density at radius 3 is 1.56 bits per heavy atom. The smallest absolute Gasteiger partial charge is 1.00 e. The van der Waals surface area contributed by atoms with Crippen LogP contribution in [-0.2, 0) is 35.1 Å². The molecule has 0 aromatic rings. The Morgan fingerprint density at radius 2 is 1.11 bits per heavy atom. The van der Waals surface area contributed by atoms with Crippen LogP contribution in [-0.4, -0.2) is 29.8 Å². The first kappa shape index (κ1) is 34.8. The minimum absolute atomic E-state index is 0. The Morgan fingerprint density at radius 1 is 0.667 bits per heavy atom. The van der Waals surface area contributed by atoms with Gasteiger partial charge in [-0.05, 0) is 119 Å². The van der Waals surface area contributed by atoms with Crippen molar-refractivity contribution in [3.63, 3.8) is 0 Å². The molecule has 0 spiro atoms. The predicted octanol–water partition coefficient (Wildman–Crippen LogP) is 2.00. The SMILES string of the molecule is C[Si](C)(C)OCCCC(CO[Si](C)(C)C)(C1CCC2C=CC=CC21)C1CCC2C=CC=CC21.[Cl-].[Cl-].[Zr+2]. The number of rotatable bonds is 10. The normalized spacial score (nSPS) is 32.1. The Kier molecular flexibility index (Phi) is 13.9. The van der Waals surface area contributed by atoms with Gasteiger partial charge in [0.2, 0.25) is 0 Å². The topological polar surface area (TPSA) is 18.5 Å². The number of halogens is 2. The molecule has 0 heterocycles. The van der Waals surface area contributed by atoms with E-state index in [2.05, 4.69) is 87.9 Å². The molecule has 0 aromatic carbocycles. The zero-order valence-corrected chi connectivity index (χ0v) is 29.3. The molecule has 4 aliphatic carbocycles. The van der Waals surface area contributed by atoms with Gasteiger partial charge in [-0.2, -0.15) is 0 Å². The standard InChI is InChI=1S/C29H48O2Si2.2ClH.Zr/c1-32(2,3)30-21-11-20-29(22-31-33(4,5)6,27-18-16-23-12-7-9-14-25(23)27)28-19-17-24-13-8-10-15-26(24)28;;;/h7-10,12-15,23-28H,11,16-22H2,1-6H3;2*1H;/q;;;+2/p-2. The molecule has 0 N–H and O–H groups in total. The van der Waals surface area contributed by atoms with Gasteiger partial charge < -0.3 is 33.7 Å². The molecule has 0 bridgehead atoms. The third-order valence-electron chi connectivity index (χ3n) is 8.72. The second-order valence-corrected chi connectivity index (χ2v) is 22.1. The van der Waals surface area contributed by atoms with E-state index in [0.717, 1.165) is 36.9 Å². The fourth-order valence-electron chi connectivity index (χ4n) is 7.32. The first-order valence-electron chi connectivity index (χ1n) is 13.6. The van der Waals surface area contributed by atoms with E-state index in [-0.39, 0.29) is 56.4 Å². The zero-order valence-electron chi connectivity index (χ0n) is 23.3. The van der Waals surface area contributed by atoms with Gasteiger partial charge in [0.15, 0.2) is 16.6 Å². The summed E-state index contributed by atoms with van der Waals surface area (Å²) in [4.78, 5) is 0. The number of allylic oxidation sites excluding steroid dienone is 8. The van der Waals surface area contributed by atoms with E-state index in [1.54, 1.807) is 0 Å². The van der Waals surface area contributed by atoms with Gasteiger partial charge in [-0.25, -0.2) is 0 Å². The van der Waals surface area contributed by atoms with Crippen molar-refractivity contribution in [3.8, 4) is 0 Å². The molecule has 0 radical (unpaired) electrons. The summed E-state index contributed by atoms with van der Waals surface area (Å²) in [6, 6.07) is 0. The first-order valence-corrected chi connectivity index (χ1v) is 20.4. The van der Waals surface area contributed by atoms with Crippen molar-refractivity contribution in [1.82, 2.24) is 0 Å². The Labute approximate surface area is 255 Å². The zero-order chi connectivity index (χ0) is 23.7. The Hall–Kier alpha value is 0.777. The summed E-state index contributed by atoms with van der Waals surface area (Å²) < 4.78 is 13.3. The van der Waals surface area contributed by atoms with Crippen molar-refractivity contribution >= 4 is 16.6 Å². The second-order valence-electron chi connectivity index (χ2n) is 13.1. The van der Waals surface area contributed by atoms with E-state index in [4.69, 9.17) is 8.85 Å². The van der Waals surface area contributed by atoms with E-state index in [1.807, 2.05) is 0 Å². The molecule has 2 fully saturated rings. The quantitative estimate of drug-likeness (QED) is 0.267. The summed E-state index contributed by atoms with van der Waals surface area (Å²) in [5.74, 6) is 4.25. The van der Waals surface area contributed by atoms with Crippen LogP contribution in [0.5, 0.6) is 0 Å². The van der Waals surface area contributed by atoms with Crippen LogP contribution in [0.4, 0.5) is 0 Å². The van der Waals surface area contributed by atoms with E-state index in [0.29, 0.717) is 11.8 Å². The van der Waals surface area contributed by atoms with Crippen LogP contribution >= 0.6 is 0 Å². The van der Waals surface area contributed by atoms with Crippen LogP contribution in [0.3, 0.4) is 0 Å². The molecule has 2 saturated carbocycles. The molecular formula is C29H48Cl2O2Si2Zr. The van der Waals surface area contributed by atoms with E-state index < -0.39 is 16.6 Å². The van der Waals surface area contributed by atoms with Crippen LogP contribution < -0.4 is 24.8 Å². The molecule has 4 rings (SSSR count). The van der Waals surface area contributed by atoms with Gasteiger partial charge in [0.25, 0.3) is 0 Å². The molecule has 0 saturated heterocycles.